The molecule has 106 valence electrons. The molecule has 2 nitrogen and oxygen atoms in total. The van der Waals surface area contributed by atoms with Gasteiger partial charge in [0, 0.05) is 12.3 Å². The Morgan fingerprint density at radius 2 is 1.95 bits per heavy atom. The van der Waals surface area contributed by atoms with Crippen molar-refractivity contribution < 1.29 is 9.47 Å². The molecule has 0 aromatic heterocycles. The Morgan fingerprint density at radius 1 is 1.21 bits per heavy atom. The maximum absolute atomic E-state index is 6.30. The van der Waals surface area contributed by atoms with Crippen molar-refractivity contribution in [2.75, 3.05) is 6.61 Å². The third-order valence-corrected chi connectivity index (χ3v) is 3.99. The lowest BCUT2D eigenvalue weighted by Crippen LogP contribution is -2.48. The molecule has 2 rings (SSSR count). The first kappa shape index (κ1) is 14.5. The maximum Gasteiger partial charge on any atom is 0.169 e. The van der Waals surface area contributed by atoms with Crippen molar-refractivity contribution in [3.63, 3.8) is 0 Å². The molecular weight excluding hydrogens is 236 g/mol. The zero-order valence-electron chi connectivity index (χ0n) is 12.4. The highest BCUT2D eigenvalue weighted by atomic mass is 16.7. The third-order valence-electron chi connectivity index (χ3n) is 3.99. The minimum Gasteiger partial charge on any atom is -0.349 e. The Bertz CT molecular complexity index is 376. The summed E-state index contributed by atoms with van der Waals surface area (Å²) in [4.78, 5) is 0. The smallest absolute Gasteiger partial charge is 0.169 e. The first-order valence-electron chi connectivity index (χ1n) is 7.52. The molecule has 0 spiro atoms. The average Bonchev–Trinajstić information content (AvgIpc) is 2.40. The fourth-order valence-corrected chi connectivity index (χ4v) is 2.86. The van der Waals surface area contributed by atoms with Crippen LogP contribution in [0.25, 0.3) is 0 Å². The highest BCUT2D eigenvalue weighted by Gasteiger charge is 2.38. The molecule has 0 N–H and O–H groups in total. The fraction of sp³-hybridized carbons (Fsp3) is 0.647. The summed E-state index contributed by atoms with van der Waals surface area (Å²) in [5.41, 5.74) is 1.27. The van der Waals surface area contributed by atoms with Gasteiger partial charge in [-0.1, -0.05) is 50.6 Å². The molecule has 19 heavy (non-hydrogen) atoms. The molecule has 1 heterocycles. The van der Waals surface area contributed by atoms with Crippen molar-refractivity contribution in [3.05, 3.63) is 35.9 Å². The Hall–Kier alpha value is -0.860. The zero-order valence-corrected chi connectivity index (χ0v) is 12.4. The Morgan fingerprint density at radius 3 is 2.58 bits per heavy atom. The minimum absolute atomic E-state index is 0.345. The first-order chi connectivity index (χ1) is 9.17. The van der Waals surface area contributed by atoms with Crippen molar-refractivity contribution in [3.8, 4) is 0 Å². The van der Waals surface area contributed by atoms with Gasteiger partial charge in [0.05, 0.1) is 12.7 Å². The van der Waals surface area contributed by atoms with E-state index in [2.05, 4.69) is 45.0 Å². The highest BCUT2D eigenvalue weighted by Crippen LogP contribution is 2.33. The normalized spacial score (nSPS) is 31.3. The second-order valence-corrected chi connectivity index (χ2v) is 5.72. The van der Waals surface area contributed by atoms with Crippen LogP contribution in [0.15, 0.2) is 30.3 Å². The third kappa shape index (κ3) is 3.80. The van der Waals surface area contributed by atoms with Crippen molar-refractivity contribution >= 4 is 0 Å². The summed E-state index contributed by atoms with van der Waals surface area (Å²) in [7, 11) is 0. The van der Waals surface area contributed by atoms with Crippen LogP contribution >= 0.6 is 0 Å². The standard InChI is InChI=1S/C17H26O2/c1-4-9-16-15(5-2)13-18-17(3,19-16)12-14-10-7-6-8-11-14/h6-8,10-11,15-16H,4-5,9,12-13H2,1-3H3/t15-,16+,17-/m1/s1. The van der Waals surface area contributed by atoms with Crippen molar-refractivity contribution in [2.45, 2.75) is 58.3 Å². The summed E-state index contributed by atoms with van der Waals surface area (Å²) in [5.74, 6) is 0.0798. The molecule has 1 aliphatic heterocycles. The molecule has 1 aromatic rings. The van der Waals surface area contributed by atoms with Gasteiger partial charge in [0.1, 0.15) is 0 Å². The van der Waals surface area contributed by atoms with Crippen LogP contribution in [0.4, 0.5) is 0 Å². The largest absolute Gasteiger partial charge is 0.349 e. The molecule has 1 aromatic carbocycles. The van der Waals surface area contributed by atoms with Gasteiger partial charge in [0.25, 0.3) is 0 Å². The Labute approximate surface area is 117 Å². The molecule has 0 saturated carbocycles. The second-order valence-electron chi connectivity index (χ2n) is 5.72. The maximum atomic E-state index is 6.30. The van der Waals surface area contributed by atoms with E-state index in [0.717, 1.165) is 25.9 Å². The molecule has 3 atom stereocenters. The van der Waals surface area contributed by atoms with Gasteiger partial charge in [-0.2, -0.15) is 0 Å². The summed E-state index contributed by atoms with van der Waals surface area (Å²) >= 11 is 0. The highest BCUT2D eigenvalue weighted by molar-refractivity contribution is 5.16. The molecule has 0 unspecified atom stereocenters. The van der Waals surface area contributed by atoms with Crippen LogP contribution in [0.3, 0.4) is 0 Å². The molecule has 1 saturated heterocycles. The number of benzene rings is 1. The van der Waals surface area contributed by atoms with Crippen LogP contribution in [0, 0.1) is 5.92 Å². The van der Waals surface area contributed by atoms with E-state index < -0.39 is 5.79 Å². The summed E-state index contributed by atoms with van der Waals surface area (Å²) in [5, 5.41) is 0. The number of hydrogen-bond donors (Lipinski definition) is 0. The van der Waals surface area contributed by atoms with Crippen LogP contribution in [-0.4, -0.2) is 18.5 Å². The minimum atomic E-state index is -0.465. The van der Waals surface area contributed by atoms with Gasteiger partial charge < -0.3 is 9.47 Å². The summed E-state index contributed by atoms with van der Waals surface area (Å²) in [6, 6.07) is 10.5. The SMILES string of the molecule is CCC[C@@H]1O[C@](C)(Cc2ccccc2)OC[C@H]1CC. The van der Waals surface area contributed by atoms with Gasteiger partial charge >= 0.3 is 0 Å². The molecule has 2 heteroatoms. The molecule has 0 aliphatic carbocycles. The van der Waals surface area contributed by atoms with Gasteiger partial charge in [0.15, 0.2) is 5.79 Å². The Balaban J connectivity index is 2.03. The van der Waals surface area contributed by atoms with E-state index in [1.807, 2.05) is 6.07 Å². The van der Waals surface area contributed by atoms with Crippen molar-refractivity contribution in [1.29, 1.82) is 0 Å². The summed E-state index contributed by atoms with van der Waals surface area (Å²) in [6.45, 7) is 7.35. The summed E-state index contributed by atoms with van der Waals surface area (Å²) < 4.78 is 12.3. The number of rotatable bonds is 5. The molecule has 0 bridgehead atoms. The lowest BCUT2D eigenvalue weighted by molar-refractivity contribution is -0.302. The van der Waals surface area contributed by atoms with Crippen molar-refractivity contribution in [2.24, 2.45) is 5.92 Å². The molecule has 1 fully saturated rings. The zero-order chi connectivity index (χ0) is 13.7. The molecule has 0 radical (unpaired) electrons. The fourth-order valence-electron chi connectivity index (χ4n) is 2.86. The molecule has 1 aliphatic rings. The predicted molar refractivity (Wildman–Crippen MR) is 78.1 cm³/mol. The average molecular weight is 262 g/mol. The monoisotopic (exact) mass is 262 g/mol. The lowest BCUT2D eigenvalue weighted by Gasteiger charge is -2.43. The van der Waals surface area contributed by atoms with E-state index in [9.17, 15) is 0 Å². The summed E-state index contributed by atoms with van der Waals surface area (Å²) in [6.07, 6.45) is 4.60. The van der Waals surface area contributed by atoms with Gasteiger partial charge in [0.2, 0.25) is 0 Å². The topological polar surface area (TPSA) is 18.5 Å². The number of ether oxygens (including phenoxy) is 2. The molecular formula is C17H26O2. The van der Waals surface area contributed by atoms with E-state index in [-0.39, 0.29) is 0 Å². The van der Waals surface area contributed by atoms with Crippen molar-refractivity contribution in [1.82, 2.24) is 0 Å². The van der Waals surface area contributed by atoms with E-state index >= 15 is 0 Å². The second kappa shape index (κ2) is 6.53. The van der Waals surface area contributed by atoms with Crippen LogP contribution in [0.2, 0.25) is 0 Å². The first-order valence-corrected chi connectivity index (χ1v) is 7.52. The van der Waals surface area contributed by atoms with Gasteiger partial charge in [-0.05, 0) is 25.3 Å². The van der Waals surface area contributed by atoms with Gasteiger partial charge in [-0.3, -0.25) is 0 Å². The Kier molecular flexibility index (Phi) is 5.00. The quantitative estimate of drug-likeness (QED) is 0.792. The van der Waals surface area contributed by atoms with E-state index in [4.69, 9.17) is 9.47 Å². The van der Waals surface area contributed by atoms with Crippen LogP contribution < -0.4 is 0 Å². The van der Waals surface area contributed by atoms with Crippen LogP contribution in [0.1, 0.15) is 45.6 Å². The number of hydrogen-bond acceptors (Lipinski definition) is 2. The van der Waals surface area contributed by atoms with Crippen LogP contribution in [-0.2, 0) is 15.9 Å². The lowest BCUT2D eigenvalue weighted by atomic mass is 9.94. The van der Waals surface area contributed by atoms with E-state index in [1.54, 1.807) is 0 Å². The van der Waals surface area contributed by atoms with Crippen LogP contribution in [0.5, 0.6) is 0 Å². The van der Waals surface area contributed by atoms with Gasteiger partial charge in [-0.15, -0.1) is 0 Å². The van der Waals surface area contributed by atoms with E-state index in [0.29, 0.717) is 12.0 Å². The predicted octanol–water partition coefficient (Wildman–Crippen LogP) is 4.19. The molecule has 0 amide bonds. The van der Waals surface area contributed by atoms with E-state index in [1.165, 1.54) is 12.0 Å². The van der Waals surface area contributed by atoms with Gasteiger partial charge in [-0.25, -0.2) is 0 Å².